The third-order valence-electron chi connectivity index (χ3n) is 17.5. The van der Waals surface area contributed by atoms with Gasteiger partial charge in [0.05, 0.1) is 10.9 Å². The van der Waals surface area contributed by atoms with E-state index in [2.05, 4.69) is 246 Å². The molecule has 3 heterocycles. The van der Waals surface area contributed by atoms with Crippen molar-refractivity contribution in [2.24, 2.45) is 0 Å². The molecular formula is C67H64BN. The fourth-order valence-electron chi connectivity index (χ4n) is 14.1. The van der Waals surface area contributed by atoms with E-state index < -0.39 is 5.41 Å². The summed E-state index contributed by atoms with van der Waals surface area (Å²) < 4.78 is 2.64. The van der Waals surface area contributed by atoms with E-state index in [1.807, 2.05) is 0 Å². The van der Waals surface area contributed by atoms with Crippen molar-refractivity contribution >= 4 is 44.9 Å². The van der Waals surface area contributed by atoms with E-state index in [-0.39, 0.29) is 33.8 Å². The van der Waals surface area contributed by atoms with Gasteiger partial charge in [-0.1, -0.05) is 223 Å². The van der Waals surface area contributed by atoms with Gasteiger partial charge in [-0.25, -0.2) is 0 Å². The first kappa shape index (κ1) is 42.7. The maximum absolute atomic E-state index is 2.64. The van der Waals surface area contributed by atoms with Gasteiger partial charge < -0.3 is 4.57 Å². The van der Waals surface area contributed by atoms with Crippen LogP contribution in [0, 0.1) is 0 Å². The third-order valence-corrected chi connectivity index (χ3v) is 17.5. The molecule has 0 saturated carbocycles. The predicted octanol–water partition coefficient (Wildman–Crippen LogP) is 14.8. The minimum atomic E-state index is -0.477. The average molecular weight is 894 g/mol. The number of benzene rings is 8. The lowest BCUT2D eigenvalue weighted by molar-refractivity contribution is 0.590. The lowest BCUT2D eigenvalue weighted by Gasteiger charge is -2.43. The molecule has 8 aromatic carbocycles. The average Bonchev–Trinajstić information content (AvgIpc) is 3.89. The summed E-state index contributed by atoms with van der Waals surface area (Å²) in [6, 6.07) is 60.0. The quantitative estimate of drug-likeness (QED) is 0.152. The van der Waals surface area contributed by atoms with E-state index >= 15 is 0 Å². The van der Waals surface area contributed by atoms with Crippen LogP contribution in [0.5, 0.6) is 0 Å². The Morgan fingerprint density at radius 2 is 0.986 bits per heavy atom. The smallest absolute Gasteiger partial charge is 0.247 e. The van der Waals surface area contributed by atoms with Crippen molar-refractivity contribution in [3.63, 3.8) is 0 Å². The largest absolute Gasteiger partial charge is 0.310 e. The van der Waals surface area contributed by atoms with Gasteiger partial charge in [-0.3, -0.25) is 0 Å². The van der Waals surface area contributed by atoms with Crippen LogP contribution in [0.2, 0.25) is 0 Å². The second kappa shape index (κ2) is 13.5. The van der Waals surface area contributed by atoms with Gasteiger partial charge >= 0.3 is 0 Å². The molecule has 0 amide bonds. The highest BCUT2D eigenvalue weighted by atomic mass is 15.0. The second-order valence-corrected chi connectivity index (χ2v) is 25.3. The molecule has 4 aliphatic rings. The van der Waals surface area contributed by atoms with E-state index in [4.69, 9.17) is 0 Å². The van der Waals surface area contributed by atoms with Gasteiger partial charge in [0.25, 0.3) is 0 Å². The summed E-state index contributed by atoms with van der Waals surface area (Å²) >= 11 is 0. The van der Waals surface area contributed by atoms with Gasteiger partial charge in [0.15, 0.2) is 0 Å². The molecule has 0 radical (unpaired) electrons. The van der Waals surface area contributed by atoms with Crippen LogP contribution in [0.25, 0.3) is 49.7 Å². The van der Waals surface area contributed by atoms with E-state index in [1.54, 1.807) is 0 Å². The van der Waals surface area contributed by atoms with Gasteiger partial charge in [-0.2, -0.15) is 0 Å². The number of hydrogen-bond donors (Lipinski definition) is 0. The Bertz CT molecular complexity index is 3670. The molecule has 69 heavy (non-hydrogen) atoms. The first-order valence-corrected chi connectivity index (χ1v) is 25.6. The van der Waals surface area contributed by atoms with Gasteiger partial charge in [0.2, 0.25) is 6.71 Å². The van der Waals surface area contributed by atoms with Crippen molar-refractivity contribution < 1.29 is 0 Å². The SMILES string of the molecule is CC(C)(C)c1ccc2c(c1)-c1c(ccc3c1C(C)(C)c1ccc4c(c1-3)C(C)(C)c1cccc3c1B4c1cc(C(C)(C)C)cc4c5cc(C(C)(C)C)ccc5n-3c14)C2(c1ccccc1)c1ccccc1. The van der Waals surface area contributed by atoms with Crippen LogP contribution in [0.3, 0.4) is 0 Å². The van der Waals surface area contributed by atoms with Crippen LogP contribution in [-0.2, 0) is 32.5 Å². The Balaban J connectivity index is 1.14. The zero-order valence-corrected chi connectivity index (χ0v) is 43.0. The summed E-state index contributed by atoms with van der Waals surface area (Å²) in [6.45, 7) is 31.4. The maximum Gasteiger partial charge on any atom is 0.247 e. The number of fused-ring (bicyclic) bond motifs is 15. The predicted molar refractivity (Wildman–Crippen MR) is 295 cm³/mol. The molecule has 0 bridgehead atoms. The Hall–Kier alpha value is -6.38. The first-order valence-electron chi connectivity index (χ1n) is 25.6. The molecule has 2 aliphatic heterocycles. The Kier molecular flexibility index (Phi) is 8.34. The van der Waals surface area contributed by atoms with E-state index in [0.29, 0.717) is 0 Å². The minimum Gasteiger partial charge on any atom is -0.310 e. The summed E-state index contributed by atoms with van der Waals surface area (Å²) in [4.78, 5) is 0. The van der Waals surface area contributed by atoms with Crippen molar-refractivity contribution in [1.82, 2.24) is 4.57 Å². The highest BCUT2D eigenvalue weighted by Crippen LogP contribution is 2.64. The number of rotatable bonds is 2. The molecule has 1 nitrogen and oxygen atoms in total. The van der Waals surface area contributed by atoms with E-state index in [9.17, 15) is 0 Å². The van der Waals surface area contributed by atoms with E-state index in [1.165, 1.54) is 127 Å². The van der Waals surface area contributed by atoms with Crippen molar-refractivity contribution in [3.05, 3.63) is 213 Å². The summed E-state index contributed by atoms with van der Waals surface area (Å²) in [6.07, 6.45) is 0. The maximum atomic E-state index is 2.64. The molecule has 340 valence electrons. The summed E-state index contributed by atoms with van der Waals surface area (Å²) in [7, 11) is 0. The standard InChI is InChI=1S/C67H64BN/c1-62(2,3)41-27-30-48-47(36-41)57-50(67(48,39-21-16-14-17-22-39)40-23-18-15-19-24-40)31-29-44-56-49(65(10,11)58(44)57)32-33-52-59(56)66(12,13)51-25-20-26-55-60(51)68(52)53-38-43(64(7,8)9)37-46-45-35-42(63(4,5)6)28-34-54(45)69(55)61(46)53/h14-38H,1-13H3. The minimum absolute atomic E-state index is 0.0119. The lowest BCUT2D eigenvalue weighted by atomic mass is 9.30. The molecule has 1 aromatic heterocycles. The molecule has 0 saturated heterocycles. The lowest BCUT2D eigenvalue weighted by Crippen LogP contribution is -2.63. The van der Waals surface area contributed by atoms with Crippen molar-refractivity contribution in [2.45, 2.75) is 122 Å². The highest BCUT2D eigenvalue weighted by molar-refractivity contribution is 6.99. The Morgan fingerprint density at radius 1 is 0.420 bits per heavy atom. The summed E-state index contributed by atoms with van der Waals surface area (Å²) in [5.41, 5.74) is 28.4. The van der Waals surface area contributed by atoms with E-state index in [0.717, 1.165) is 0 Å². The second-order valence-electron chi connectivity index (χ2n) is 25.3. The van der Waals surface area contributed by atoms with Gasteiger partial charge in [-0.05, 0) is 135 Å². The molecule has 0 spiro atoms. The van der Waals surface area contributed by atoms with Crippen LogP contribution in [0.4, 0.5) is 0 Å². The van der Waals surface area contributed by atoms with Crippen molar-refractivity contribution in [2.75, 3.05) is 0 Å². The van der Waals surface area contributed by atoms with Gasteiger partial charge in [0.1, 0.15) is 0 Å². The number of aromatic nitrogens is 1. The number of hydrogen-bond acceptors (Lipinski definition) is 0. The number of nitrogens with zero attached hydrogens (tertiary/aromatic N) is 1. The van der Waals surface area contributed by atoms with Crippen LogP contribution in [0.15, 0.2) is 152 Å². The normalized spacial score (nSPS) is 16.5. The highest BCUT2D eigenvalue weighted by Gasteiger charge is 2.53. The molecule has 0 fully saturated rings. The van der Waals surface area contributed by atoms with Gasteiger partial charge in [-0.15, -0.1) is 0 Å². The van der Waals surface area contributed by atoms with Crippen LogP contribution in [0.1, 0.15) is 151 Å². The van der Waals surface area contributed by atoms with Crippen LogP contribution in [-0.4, -0.2) is 11.3 Å². The first-order chi connectivity index (χ1) is 32.7. The summed E-state index contributed by atoms with van der Waals surface area (Å²) in [5.74, 6) is 0. The molecule has 9 aromatic rings. The molecule has 2 heteroatoms. The fraction of sp³-hybridized carbons (Fsp3) is 0.284. The zero-order chi connectivity index (χ0) is 48.1. The molecular weight excluding hydrogens is 830 g/mol. The van der Waals surface area contributed by atoms with Crippen LogP contribution < -0.4 is 16.4 Å². The molecule has 13 rings (SSSR count). The van der Waals surface area contributed by atoms with Crippen molar-refractivity contribution in [3.8, 4) is 27.9 Å². The molecule has 0 N–H and O–H groups in total. The Labute approximate surface area is 410 Å². The van der Waals surface area contributed by atoms with Crippen molar-refractivity contribution in [1.29, 1.82) is 0 Å². The monoisotopic (exact) mass is 894 g/mol. The topological polar surface area (TPSA) is 4.93 Å². The zero-order valence-electron chi connectivity index (χ0n) is 43.0. The molecule has 0 unspecified atom stereocenters. The Morgan fingerprint density at radius 3 is 1.64 bits per heavy atom. The van der Waals surface area contributed by atoms with Gasteiger partial charge in [0, 0.05) is 32.8 Å². The third kappa shape index (κ3) is 5.39. The molecule has 0 atom stereocenters. The fourth-order valence-corrected chi connectivity index (χ4v) is 14.1. The van der Waals surface area contributed by atoms with Crippen LogP contribution >= 0.6 is 0 Å². The summed E-state index contributed by atoms with van der Waals surface area (Å²) in [5, 5.41) is 2.73. The molecule has 2 aliphatic carbocycles.